The molecule has 0 unspecified atom stereocenters. The maximum atomic E-state index is 10.2. The summed E-state index contributed by atoms with van der Waals surface area (Å²) in [6.45, 7) is 0. The van der Waals surface area contributed by atoms with Gasteiger partial charge < -0.3 is 10.2 Å². The predicted octanol–water partition coefficient (Wildman–Crippen LogP) is 5.27. The van der Waals surface area contributed by atoms with Crippen LogP contribution in [0.25, 0.3) is 10.9 Å². The van der Waals surface area contributed by atoms with E-state index in [9.17, 15) is 10.2 Å². The maximum absolute atomic E-state index is 10.2. The highest BCUT2D eigenvalue weighted by Gasteiger charge is 2.10. The van der Waals surface area contributed by atoms with Crippen LogP contribution in [0, 0.1) is 0 Å². The summed E-state index contributed by atoms with van der Waals surface area (Å²) in [6, 6.07) is 11.8. The van der Waals surface area contributed by atoms with Gasteiger partial charge in [-0.25, -0.2) is 4.68 Å². The van der Waals surface area contributed by atoms with Gasteiger partial charge >= 0.3 is 0 Å². The van der Waals surface area contributed by atoms with Crippen LogP contribution in [-0.2, 0) is 7.05 Å². The average molecular weight is 379 g/mol. The van der Waals surface area contributed by atoms with Crippen LogP contribution in [0.15, 0.2) is 69.1 Å². The Labute approximate surface area is 157 Å². The van der Waals surface area contributed by atoms with Gasteiger partial charge in [0.15, 0.2) is 10.8 Å². The monoisotopic (exact) mass is 379 g/mol. The normalized spacial score (nSPS) is 11.9. The van der Waals surface area contributed by atoms with Crippen molar-refractivity contribution in [2.45, 2.75) is 0 Å². The summed E-state index contributed by atoms with van der Waals surface area (Å²) in [4.78, 5) is 0. The standard InChI is InChI=1S/C17H13N7O2S/c1-24-16(6-7-18-24)21-19-12-8-15(26)13(9-14(12)25)20-22-17-10-4-2-3-5-11(10)23-27-17/h2-9,25-26H,1H3/b21-19+,22-20+. The molecule has 4 rings (SSSR count). The second-order valence-corrected chi connectivity index (χ2v) is 6.30. The fourth-order valence-electron chi connectivity index (χ4n) is 2.33. The predicted molar refractivity (Wildman–Crippen MR) is 101 cm³/mol. The Morgan fingerprint density at radius 2 is 1.63 bits per heavy atom. The summed E-state index contributed by atoms with van der Waals surface area (Å²) in [6.07, 6.45) is 1.58. The molecule has 0 bridgehead atoms. The van der Waals surface area contributed by atoms with Gasteiger partial charge in [0.2, 0.25) is 0 Å². The number of rotatable bonds is 4. The zero-order valence-electron chi connectivity index (χ0n) is 14.1. The van der Waals surface area contributed by atoms with E-state index in [-0.39, 0.29) is 22.9 Å². The van der Waals surface area contributed by atoms with Crippen LogP contribution in [-0.4, -0.2) is 24.4 Å². The van der Waals surface area contributed by atoms with E-state index in [0.29, 0.717) is 10.8 Å². The van der Waals surface area contributed by atoms with Gasteiger partial charge in [-0.3, -0.25) is 0 Å². The van der Waals surface area contributed by atoms with Gasteiger partial charge in [-0.05, 0) is 23.7 Å². The number of aryl methyl sites for hydroxylation is 1. The fourth-order valence-corrected chi connectivity index (χ4v) is 3.02. The molecule has 0 spiro atoms. The van der Waals surface area contributed by atoms with Crippen molar-refractivity contribution in [1.82, 2.24) is 14.2 Å². The summed E-state index contributed by atoms with van der Waals surface area (Å²) in [5.41, 5.74) is 1.05. The van der Waals surface area contributed by atoms with Crippen molar-refractivity contribution in [3.8, 4) is 11.5 Å². The third-order valence-corrected chi connectivity index (χ3v) is 4.50. The van der Waals surface area contributed by atoms with E-state index in [0.717, 1.165) is 10.9 Å². The topological polar surface area (TPSA) is 121 Å². The fraction of sp³-hybridized carbons (Fsp3) is 0.0588. The Hall–Kier alpha value is -3.66. The van der Waals surface area contributed by atoms with E-state index in [1.54, 1.807) is 19.3 Å². The lowest BCUT2D eigenvalue weighted by Gasteiger charge is -2.02. The first-order valence-electron chi connectivity index (χ1n) is 7.84. The molecule has 0 aliphatic heterocycles. The molecule has 9 nitrogen and oxygen atoms in total. The number of fused-ring (bicyclic) bond motifs is 1. The van der Waals surface area contributed by atoms with Gasteiger partial charge in [-0.1, -0.05) is 12.1 Å². The van der Waals surface area contributed by atoms with Crippen LogP contribution in [0.1, 0.15) is 0 Å². The molecular formula is C17H13N7O2S. The molecule has 0 aliphatic rings. The summed E-state index contributed by atoms with van der Waals surface area (Å²) >= 11 is 1.21. The lowest BCUT2D eigenvalue weighted by Crippen LogP contribution is -1.86. The van der Waals surface area contributed by atoms with Crippen LogP contribution in [0.2, 0.25) is 0 Å². The molecule has 2 aromatic heterocycles. The van der Waals surface area contributed by atoms with Crippen molar-refractivity contribution in [1.29, 1.82) is 0 Å². The smallest absolute Gasteiger partial charge is 0.172 e. The molecule has 0 saturated carbocycles. The number of aromatic nitrogens is 3. The number of hydrogen-bond donors (Lipinski definition) is 2. The Morgan fingerprint density at radius 3 is 2.33 bits per heavy atom. The second-order valence-electron chi connectivity index (χ2n) is 5.55. The first-order valence-corrected chi connectivity index (χ1v) is 8.61. The third-order valence-electron chi connectivity index (χ3n) is 3.74. The highest BCUT2D eigenvalue weighted by atomic mass is 32.1. The van der Waals surface area contributed by atoms with Gasteiger partial charge in [0.05, 0.1) is 11.7 Å². The van der Waals surface area contributed by atoms with Crippen LogP contribution in [0.5, 0.6) is 11.5 Å². The minimum Gasteiger partial charge on any atom is -0.506 e. The second kappa shape index (κ2) is 6.92. The largest absolute Gasteiger partial charge is 0.506 e. The average Bonchev–Trinajstić information content (AvgIpc) is 3.27. The first kappa shape index (κ1) is 16.8. The zero-order chi connectivity index (χ0) is 18.8. The van der Waals surface area contributed by atoms with Crippen molar-refractivity contribution in [2.75, 3.05) is 0 Å². The first-order chi connectivity index (χ1) is 13.1. The van der Waals surface area contributed by atoms with Crippen LogP contribution in [0.3, 0.4) is 0 Å². The minimum atomic E-state index is -0.179. The quantitative estimate of drug-likeness (QED) is 0.370. The van der Waals surface area contributed by atoms with Crippen molar-refractivity contribution >= 4 is 44.6 Å². The summed E-state index contributed by atoms with van der Waals surface area (Å²) in [7, 11) is 1.72. The molecule has 0 fully saturated rings. The zero-order valence-corrected chi connectivity index (χ0v) is 14.9. The summed E-state index contributed by atoms with van der Waals surface area (Å²) < 4.78 is 5.81. The molecule has 0 saturated heterocycles. The number of benzene rings is 2. The number of aromatic hydroxyl groups is 2. The summed E-state index contributed by atoms with van der Waals surface area (Å²) in [5, 5.41) is 41.9. The van der Waals surface area contributed by atoms with Crippen molar-refractivity contribution < 1.29 is 10.2 Å². The molecular weight excluding hydrogens is 366 g/mol. The van der Waals surface area contributed by atoms with Crippen LogP contribution in [0.4, 0.5) is 22.2 Å². The van der Waals surface area contributed by atoms with Gasteiger partial charge in [0.1, 0.15) is 22.9 Å². The Kier molecular flexibility index (Phi) is 4.30. The lowest BCUT2D eigenvalue weighted by atomic mass is 10.2. The molecule has 4 aromatic rings. The molecule has 2 N–H and O–H groups in total. The van der Waals surface area contributed by atoms with E-state index in [2.05, 4.69) is 29.9 Å². The van der Waals surface area contributed by atoms with Gasteiger partial charge in [0.25, 0.3) is 0 Å². The summed E-state index contributed by atoms with van der Waals surface area (Å²) in [5.74, 6) is 0.154. The van der Waals surface area contributed by atoms with E-state index in [1.165, 1.54) is 28.3 Å². The molecule has 10 heteroatoms. The molecule has 0 amide bonds. The number of hydrogen-bond acceptors (Lipinski definition) is 9. The number of phenols is 2. The molecule has 2 heterocycles. The Balaban J connectivity index is 1.62. The number of azo groups is 2. The SMILES string of the molecule is Cn1nccc1/N=N/c1cc(O)c(/N=N/c2snc3ccccc23)cc1O. The van der Waals surface area contributed by atoms with Crippen molar-refractivity contribution in [3.05, 3.63) is 48.7 Å². The maximum Gasteiger partial charge on any atom is 0.172 e. The van der Waals surface area contributed by atoms with E-state index >= 15 is 0 Å². The van der Waals surface area contributed by atoms with E-state index in [4.69, 9.17) is 0 Å². The molecule has 0 atom stereocenters. The lowest BCUT2D eigenvalue weighted by molar-refractivity contribution is 0.462. The Morgan fingerprint density at radius 1 is 0.926 bits per heavy atom. The van der Waals surface area contributed by atoms with Crippen LogP contribution < -0.4 is 0 Å². The molecule has 27 heavy (non-hydrogen) atoms. The Bertz CT molecular complexity index is 1180. The van der Waals surface area contributed by atoms with E-state index < -0.39 is 0 Å². The minimum absolute atomic E-state index is 0.107. The highest BCUT2D eigenvalue weighted by Crippen LogP contribution is 2.40. The van der Waals surface area contributed by atoms with Gasteiger partial charge in [0, 0.05) is 30.6 Å². The van der Waals surface area contributed by atoms with Crippen LogP contribution >= 0.6 is 11.5 Å². The molecule has 2 aromatic carbocycles. The molecule has 0 radical (unpaired) electrons. The third kappa shape index (κ3) is 3.37. The molecule has 0 aliphatic carbocycles. The van der Waals surface area contributed by atoms with E-state index in [1.807, 2.05) is 24.3 Å². The van der Waals surface area contributed by atoms with Gasteiger partial charge in [-0.2, -0.15) is 9.47 Å². The number of nitrogens with zero attached hydrogens (tertiary/aromatic N) is 7. The van der Waals surface area contributed by atoms with Crippen molar-refractivity contribution in [3.63, 3.8) is 0 Å². The number of phenolic OH excluding ortho intramolecular Hbond substituents is 2. The highest BCUT2D eigenvalue weighted by molar-refractivity contribution is 7.11. The van der Waals surface area contributed by atoms with Crippen molar-refractivity contribution in [2.24, 2.45) is 27.5 Å². The molecule has 134 valence electrons. The van der Waals surface area contributed by atoms with Gasteiger partial charge in [-0.15, -0.1) is 20.5 Å².